The van der Waals surface area contributed by atoms with Crippen LogP contribution in [0.25, 0.3) is 5.57 Å². The minimum atomic E-state index is 0.594. The van der Waals surface area contributed by atoms with Crippen LogP contribution in [-0.2, 0) is 6.54 Å². The highest BCUT2D eigenvalue weighted by atomic mass is 15.2. The van der Waals surface area contributed by atoms with Crippen LogP contribution in [0.5, 0.6) is 0 Å². The van der Waals surface area contributed by atoms with Crippen LogP contribution in [0.1, 0.15) is 17.5 Å². The first-order valence-electron chi connectivity index (χ1n) is 7.98. The summed E-state index contributed by atoms with van der Waals surface area (Å²) in [6.07, 6.45) is 5.52. The van der Waals surface area contributed by atoms with Gasteiger partial charge in [0.2, 0.25) is 0 Å². The Morgan fingerprint density at radius 3 is 2.73 bits per heavy atom. The number of benzene rings is 1. The van der Waals surface area contributed by atoms with Crippen molar-refractivity contribution in [1.82, 2.24) is 9.88 Å². The molecule has 3 nitrogen and oxygen atoms in total. The molecule has 22 heavy (non-hydrogen) atoms. The summed E-state index contributed by atoms with van der Waals surface area (Å²) in [6.45, 7) is 3.40. The van der Waals surface area contributed by atoms with Gasteiger partial charge in [0.1, 0.15) is 5.82 Å². The zero-order chi connectivity index (χ0) is 14.9. The highest BCUT2D eigenvalue weighted by molar-refractivity contribution is 5.70. The lowest BCUT2D eigenvalue weighted by molar-refractivity contribution is 0.315. The molecule has 2 heterocycles. The molecule has 0 spiro atoms. The Balaban J connectivity index is 1.48. The first-order valence-corrected chi connectivity index (χ1v) is 7.98. The van der Waals surface area contributed by atoms with Gasteiger partial charge in [-0.15, -0.1) is 0 Å². The molecule has 0 bridgehead atoms. The predicted octanol–water partition coefficient (Wildman–Crippen LogP) is 3.20. The minimum absolute atomic E-state index is 0.594. The molecule has 1 fully saturated rings. The molecule has 0 saturated carbocycles. The van der Waals surface area contributed by atoms with Crippen molar-refractivity contribution in [2.24, 2.45) is 11.8 Å². The number of allylic oxidation sites excluding steroid dienone is 1. The molecule has 1 aromatic carbocycles. The number of hydrogen-bond acceptors (Lipinski definition) is 3. The SMILES string of the molecule is Nc1ccc(C2=CCC3CN(Cc4ccccc4)CC23)cn1. The van der Waals surface area contributed by atoms with Crippen LogP contribution in [0.15, 0.2) is 54.7 Å². The van der Waals surface area contributed by atoms with Gasteiger partial charge in [0.25, 0.3) is 0 Å². The number of nitrogens with zero attached hydrogens (tertiary/aromatic N) is 2. The molecule has 1 aliphatic heterocycles. The lowest BCUT2D eigenvalue weighted by Crippen LogP contribution is -2.21. The average Bonchev–Trinajstić information content (AvgIpc) is 3.09. The molecule has 112 valence electrons. The van der Waals surface area contributed by atoms with Crippen LogP contribution in [-0.4, -0.2) is 23.0 Å². The average molecular weight is 291 g/mol. The summed E-state index contributed by atoms with van der Waals surface area (Å²) in [5, 5.41) is 0. The van der Waals surface area contributed by atoms with Gasteiger partial charge in [-0.05, 0) is 41.2 Å². The van der Waals surface area contributed by atoms with Gasteiger partial charge >= 0.3 is 0 Å². The van der Waals surface area contributed by atoms with Crippen LogP contribution in [0, 0.1) is 11.8 Å². The maximum absolute atomic E-state index is 5.70. The number of rotatable bonds is 3. The standard InChI is InChI=1S/C19H21N3/c20-19-9-7-15(10-21-19)17-8-6-16-12-22(13-18(16)17)11-14-4-2-1-3-5-14/h1-5,7-10,16,18H,6,11-13H2,(H2,20,21). The number of nitrogen functional groups attached to an aromatic ring is 1. The molecule has 2 unspecified atom stereocenters. The van der Waals surface area contributed by atoms with Gasteiger partial charge in [-0.3, -0.25) is 4.90 Å². The second-order valence-electron chi connectivity index (χ2n) is 6.41. The summed E-state index contributed by atoms with van der Waals surface area (Å²) in [7, 11) is 0. The Bertz CT molecular complexity index is 676. The molecule has 3 heteroatoms. The largest absolute Gasteiger partial charge is 0.384 e. The quantitative estimate of drug-likeness (QED) is 0.944. The van der Waals surface area contributed by atoms with Crippen LogP contribution < -0.4 is 5.73 Å². The fraction of sp³-hybridized carbons (Fsp3) is 0.316. The van der Waals surface area contributed by atoms with Crippen molar-refractivity contribution in [3.8, 4) is 0 Å². The fourth-order valence-corrected chi connectivity index (χ4v) is 3.86. The Kier molecular flexibility index (Phi) is 3.43. The third-order valence-corrected chi connectivity index (χ3v) is 4.93. The summed E-state index contributed by atoms with van der Waals surface area (Å²) in [5.74, 6) is 2.00. The minimum Gasteiger partial charge on any atom is -0.384 e. The second-order valence-corrected chi connectivity index (χ2v) is 6.41. The first-order chi connectivity index (χ1) is 10.8. The molecule has 4 rings (SSSR count). The van der Waals surface area contributed by atoms with E-state index >= 15 is 0 Å². The van der Waals surface area contributed by atoms with E-state index in [9.17, 15) is 0 Å². The Labute approximate surface area is 131 Å². The van der Waals surface area contributed by atoms with Crippen molar-refractivity contribution in [1.29, 1.82) is 0 Å². The number of aromatic nitrogens is 1. The summed E-state index contributed by atoms with van der Waals surface area (Å²) < 4.78 is 0. The van der Waals surface area contributed by atoms with Gasteiger partial charge in [-0.2, -0.15) is 0 Å². The Hall–Kier alpha value is -2.13. The summed E-state index contributed by atoms with van der Waals surface area (Å²) in [4.78, 5) is 6.83. The van der Waals surface area contributed by atoms with E-state index in [0.717, 1.165) is 19.0 Å². The highest BCUT2D eigenvalue weighted by Crippen LogP contribution is 2.43. The van der Waals surface area contributed by atoms with Crippen molar-refractivity contribution in [3.05, 3.63) is 65.9 Å². The lowest BCUT2D eigenvalue weighted by Gasteiger charge is -2.17. The Morgan fingerprint density at radius 1 is 1.09 bits per heavy atom. The predicted molar refractivity (Wildman–Crippen MR) is 89.9 cm³/mol. The monoisotopic (exact) mass is 291 g/mol. The van der Waals surface area contributed by atoms with E-state index in [0.29, 0.717) is 11.7 Å². The third kappa shape index (κ3) is 2.53. The third-order valence-electron chi connectivity index (χ3n) is 4.93. The highest BCUT2D eigenvalue weighted by Gasteiger charge is 2.38. The van der Waals surface area contributed by atoms with Crippen molar-refractivity contribution < 1.29 is 0 Å². The van der Waals surface area contributed by atoms with Gasteiger partial charge < -0.3 is 5.73 Å². The number of likely N-dealkylation sites (tertiary alicyclic amines) is 1. The zero-order valence-corrected chi connectivity index (χ0v) is 12.7. The number of hydrogen-bond donors (Lipinski definition) is 1. The molecule has 1 saturated heterocycles. The van der Waals surface area contributed by atoms with Gasteiger partial charge in [-0.1, -0.05) is 36.4 Å². The van der Waals surface area contributed by atoms with E-state index in [-0.39, 0.29) is 0 Å². The Morgan fingerprint density at radius 2 is 1.95 bits per heavy atom. The van der Waals surface area contributed by atoms with Crippen LogP contribution in [0.2, 0.25) is 0 Å². The smallest absolute Gasteiger partial charge is 0.123 e. The van der Waals surface area contributed by atoms with Crippen LogP contribution >= 0.6 is 0 Å². The van der Waals surface area contributed by atoms with Crippen LogP contribution in [0.3, 0.4) is 0 Å². The van der Waals surface area contributed by atoms with Crippen LogP contribution in [0.4, 0.5) is 5.82 Å². The summed E-state index contributed by atoms with van der Waals surface area (Å²) in [6, 6.07) is 14.8. The van der Waals surface area contributed by atoms with Crippen molar-refractivity contribution in [2.75, 3.05) is 18.8 Å². The number of fused-ring (bicyclic) bond motifs is 1. The summed E-state index contributed by atoms with van der Waals surface area (Å²) >= 11 is 0. The molecule has 2 aromatic rings. The molecular weight excluding hydrogens is 270 g/mol. The van der Waals surface area contributed by atoms with E-state index in [1.165, 1.54) is 29.7 Å². The molecule has 0 amide bonds. The molecule has 0 radical (unpaired) electrons. The number of pyridine rings is 1. The molecule has 2 N–H and O–H groups in total. The first kappa shape index (κ1) is 13.5. The van der Waals surface area contributed by atoms with E-state index in [1.807, 2.05) is 12.3 Å². The van der Waals surface area contributed by atoms with E-state index in [1.54, 1.807) is 0 Å². The van der Waals surface area contributed by atoms with Crippen molar-refractivity contribution >= 4 is 11.4 Å². The van der Waals surface area contributed by atoms with Gasteiger partial charge in [0.05, 0.1) is 0 Å². The lowest BCUT2D eigenvalue weighted by atomic mass is 9.91. The number of nitrogens with two attached hydrogens (primary N) is 1. The topological polar surface area (TPSA) is 42.1 Å². The van der Waals surface area contributed by atoms with Gasteiger partial charge in [0.15, 0.2) is 0 Å². The fourth-order valence-electron chi connectivity index (χ4n) is 3.86. The van der Waals surface area contributed by atoms with E-state index in [2.05, 4.69) is 52.4 Å². The molecule has 1 aliphatic carbocycles. The zero-order valence-electron chi connectivity index (χ0n) is 12.7. The molecule has 2 atom stereocenters. The van der Waals surface area contributed by atoms with Crippen molar-refractivity contribution in [2.45, 2.75) is 13.0 Å². The maximum Gasteiger partial charge on any atom is 0.123 e. The molecule has 1 aromatic heterocycles. The maximum atomic E-state index is 5.70. The number of anilines is 1. The van der Waals surface area contributed by atoms with Crippen molar-refractivity contribution in [3.63, 3.8) is 0 Å². The molecular formula is C19H21N3. The van der Waals surface area contributed by atoms with Gasteiger partial charge in [-0.25, -0.2) is 4.98 Å². The normalized spacial score (nSPS) is 24.3. The van der Waals surface area contributed by atoms with E-state index < -0.39 is 0 Å². The summed E-state index contributed by atoms with van der Waals surface area (Å²) in [5.41, 5.74) is 9.81. The second kappa shape index (κ2) is 5.58. The van der Waals surface area contributed by atoms with Gasteiger partial charge in [0, 0.05) is 31.7 Å². The van der Waals surface area contributed by atoms with E-state index in [4.69, 9.17) is 5.73 Å². The molecule has 2 aliphatic rings.